The van der Waals surface area contributed by atoms with Crippen molar-refractivity contribution in [2.75, 3.05) is 0 Å². The van der Waals surface area contributed by atoms with E-state index in [4.69, 9.17) is 11.6 Å². The molecule has 0 aromatic heterocycles. The lowest BCUT2D eigenvalue weighted by Crippen LogP contribution is -2.31. The highest BCUT2D eigenvalue weighted by atomic mass is 35.5. The molecule has 1 heterocycles. The van der Waals surface area contributed by atoms with E-state index in [1.165, 1.54) is 25.7 Å². The monoisotopic (exact) mass is 429 g/mol. The molecular formula is C18H27ClF3NOS2. The van der Waals surface area contributed by atoms with E-state index in [1.807, 2.05) is 11.8 Å². The van der Waals surface area contributed by atoms with E-state index in [1.54, 1.807) is 11.9 Å². The summed E-state index contributed by atoms with van der Waals surface area (Å²) < 4.78 is 42.0. The zero-order valence-corrected chi connectivity index (χ0v) is 17.3. The molecule has 3 rings (SSSR count). The molecule has 2 fully saturated rings. The van der Waals surface area contributed by atoms with Crippen LogP contribution in [0.3, 0.4) is 0 Å². The first-order chi connectivity index (χ1) is 12.2. The molecule has 0 amide bonds. The Morgan fingerprint density at radius 1 is 1.23 bits per heavy atom. The second-order valence-corrected chi connectivity index (χ2v) is 11.2. The summed E-state index contributed by atoms with van der Waals surface area (Å²) >= 11 is 10.2. The third-order valence-corrected chi connectivity index (χ3v) is 9.43. The van der Waals surface area contributed by atoms with Gasteiger partial charge in [0, 0.05) is 23.1 Å². The maximum atomic E-state index is 12.8. The molecule has 150 valence electrons. The maximum absolute atomic E-state index is 12.8. The van der Waals surface area contributed by atoms with Gasteiger partial charge in [0.1, 0.15) is 5.76 Å². The average Bonchev–Trinajstić information content (AvgIpc) is 2.93. The van der Waals surface area contributed by atoms with Gasteiger partial charge in [-0.3, -0.25) is 4.72 Å². The number of allylic oxidation sites excluding steroid dienone is 1. The Labute approximate surface area is 167 Å². The van der Waals surface area contributed by atoms with E-state index in [0.717, 1.165) is 12.3 Å². The minimum absolute atomic E-state index is 0.0487. The Morgan fingerprint density at radius 2 is 2.00 bits per heavy atom. The third-order valence-electron chi connectivity index (χ3n) is 5.76. The van der Waals surface area contributed by atoms with Crippen molar-refractivity contribution in [2.24, 2.45) is 11.8 Å². The van der Waals surface area contributed by atoms with Gasteiger partial charge in [0.25, 0.3) is 0 Å². The molecule has 1 saturated heterocycles. The van der Waals surface area contributed by atoms with E-state index in [0.29, 0.717) is 22.2 Å². The Hall–Kier alpha value is 0.280. The van der Waals surface area contributed by atoms with Crippen molar-refractivity contribution in [3.05, 3.63) is 11.3 Å². The molecule has 2 N–H and O–H groups in total. The molecule has 0 bridgehead atoms. The summed E-state index contributed by atoms with van der Waals surface area (Å²) in [5.74, 6) is 0.959. The first-order valence-electron chi connectivity index (χ1n) is 9.43. The second kappa shape index (κ2) is 8.75. The highest BCUT2D eigenvalue weighted by Crippen LogP contribution is 2.49. The number of hydrogen-bond acceptors (Lipinski definition) is 4. The van der Waals surface area contributed by atoms with Crippen molar-refractivity contribution < 1.29 is 18.3 Å². The third kappa shape index (κ3) is 5.21. The van der Waals surface area contributed by atoms with Crippen LogP contribution in [0.15, 0.2) is 11.3 Å². The van der Waals surface area contributed by atoms with Crippen LogP contribution in [0, 0.1) is 11.8 Å². The molecule has 26 heavy (non-hydrogen) atoms. The molecule has 0 aromatic carbocycles. The van der Waals surface area contributed by atoms with Crippen molar-refractivity contribution in [2.45, 2.75) is 85.7 Å². The van der Waals surface area contributed by atoms with E-state index < -0.39 is 17.5 Å². The lowest BCUT2D eigenvalue weighted by molar-refractivity contribution is -0.0985. The normalized spacial score (nSPS) is 39.4. The molecule has 0 radical (unpaired) electrons. The molecule has 8 heteroatoms. The van der Waals surface area contributed by atoms with E-state index in [9.17, 15) is 18.3 Å². The van der Waals surface area contributed by atoms with Crippen molar-refractivity contribution >= 4 is 35.3 Å². The first-order valence-corrected chi connectivity index (χ1v) is 11.7. The lowest BCUT2D eigenvalue weighted by Gasteiger charge is -2.32. The highest BCUT2D eigenvalue weighted by molar-refractivity contribution is 8.16. The van der Waals surface area contributed by atoms with Crippen LogP contribution in [0.1, 0.15) is 58.3 Å². The number of hydrogen-bond donors (Lipinski definition) is 2. The van der Waals surface area contributed by atoms with Gasteiger partial charge in [-0.2, -0.15) is 13.2 Å². The van der Waals surface area contributed by atoms with Crippen LogP contribution in [-0.2, 0) is 0 Å². The van der Waals surface area contributed by atoms with Crippen LogP contribution in [0.2, 0.25) is 0 Å². The minimum atomic E-state index is -4.42. The Bertz CT molecular complexity index is 531. The molecule has 2 nitrogen and oxygen atoms in total. The summed E-state index contributed by atoms with van der Waals surface area (Å²) in [6.07, 6.45) is 1.96. The topological polar surface area (TPSA) is 32.3 Å². The fraction of sp³-hybridized carbons (Fsp3) is 0.889. The van der Waals surface area contributed by atoms with Gasteiger partial charge in [0.15, 0.2) is 0 Å². The first kappa shape index (κ1) is 21.0. The van der Waals surface area contributed by atoms with Gasteiger partial charge in [-0.1, -0.05) is 31.7 Å². The summed E-state index contributed by atoms with van der Waals surface area (Å²) in [6, 6.07) is -0.116. The summed E-state index contributed by atoms with van der Waals surface area (Å²) in [4.78, 5) is 0. The van der Waals surface area contributed by atoms with Crippen LogP contribution in [0.4, 0.5) is 13.2 Å². The summed E-state index contributed by atoms with van der Waals surface area (Å²) in [5.41, 5.74) is -0.761. The predicted octanol–water partition coefficient (Wildman–Crippen LogP) is 6.42. The van der Waals surface area contributed by atoms with Crippen LogP contribution < -0.4 is 4.72 Å². The molecular weight excluding hydrogens is 403 g/mol. The van der Waals surface area contributed by atoms with Gasteiger partial charge >= 0.3 is 6.18 Å². The smallest absolute Gasteiger partial charge is 0.415 e. The largest absolute Gasteiger partial charge is 0.512 e. The van der Waals surface area contributed by atoms with Crippen LogP contribution in [0.5, 0.6) is 0 Å². The zero-order chi connectivity index (χ0) is 18.9. The van der Waals surface area contributed by atoms with Gasteiger partial charge in [-0.05, 0) is 43.9 Å². The molecule has 1 aliphatic heterocycles. The van der Waals surface area contributed by atoms with E-state index >= 15 is 0 Å². The Kier molecular flexibility index (Phi) is 7.06. The number of nitrogens with one attached hydrogen (secondary N) is 1. The second-order valence-electron chi connectivity index (χ2n) is 7.91. The number of alkyl halides is 4. The number of aliphatic hydroxyl groups is 1. The SMILES string of the molecule is CC1CCCC(C2SC(SNC3CCC(C(F)(F)F)=C(O)C3)CC2Cl)C1. The van der Waals surface area contributed by atoms with Crippen molar-refractivity contribution in [3.63, 3.8) is 0 Å². The fourth-order valence-corrected chi connectivity index (χ4v) is 8.21. The zero-order valence-electron chi connectivity index (χ0n) is 14.9. The van der Waals surface area contributed by atoms with Crippen LogP contribution in [-0.4, -0.2) is 32.5 Å². The van der Waals surface area contributed by atoms with Gasteiger partial charge in [0.05, 0.1) is 10.2 Å². The molecule has 3 aliphatic rings. The summed E-state index contributed by atoms with van der Waals surface area (Å²) in [5, 5.41) is 10.4. The van der Waals surface area contributed by atoms with E-state index in [-0.39, 0.29) is 24.3 Å². The fourth-order valence-electron chi connectivity index (χ4n) is 4.40. The van der Waals surface area contributed by atoms with E-state index in [2.05, 4.69) is 11.6 Å². The van der Waals surface area contributed by atoms with Gasteiger partial charge in [-0.25, -0.2) is 0 Å². The molecule has 0 aromatic rings. The number of rotatable bonds is 4. The molecule has 6 atom stereocenters. The molecule has 6 unspecified atom stereocenters. The standard InChI is InChI=1S/C18H27ClF3NOS2/c1-10-3-2-4-11(7-10)17-14(19)9-16(25-17)26-23-12-5-6-13(15(24)8-12)18(20,21)22/h10-12,14,16-17,23-24H,2-9H2,1H3. The highest BCUT2D eigenvalue weighted by Gasteiger charge is 2.41. The maximum Gasteiger partial charge on any atom is 0.415 e. The lowest BCUT2D eigenvalue weighted by atomic mass is 9.80. The Morgan fingerprint density at radius 3 is 2.65 bits per heavy atom. The number of halogens is 4. The van der Waals surface area contributed by atoms with Crippen molar-refractivity contribution in [1.29, 1.82) is 0 Å². The Balaban J connectivity index is 1.47. The summed E-state index contributed by atoms with van der Waals surface area (Å²) in [6.45, 7) is 2.32. The van der Waals surface area contributed by atoms with Crippen LogP contribution >= 0.6 is 35.3 Å². The van der Waals surface area contributed by atoms with Gasteiger partial charge in [0.2, 0.25) is 0 Å². The van der Waals surface area contributed by atoms with Gasteiger partial charge in [-0.15, -0.1) is 23.4 Å². The van der Waals surface area contributed by atoms with Crippen molar-refractivity contribution in [3.8, 4) is 0 Å². The molecule has 1 saturated carbocycles. The summed E-state index contributed by atoms with van der Waals surface area (Å²) in [7, 11) is 0. The van der Waals surface area contributed by atoms with Crippen LogP contribution in [0.25, 0.3) is 0 Å². The average molecular weight is 430 g/mol. The van der Waals surface area contributed by atoms with Gasteiger partial charge < -0.3 is 5.11 Å². The number of aliphatic hydroxyl groups excluding tert-OH is 1. The predicted molar refractivity (Wildman–Crippen MR) is 105 cm³/mol. The quantitative estimate of drug-likeness (QED) is 0.399. The minimum Gasteiger partial charge on any atom is -0.512 e. The molecule has 2 aliphatic carbocycles. The molecule has 0 spiro atoms. The number of thioether (sulfide) groups is 1. The van der Waals surface area contributed by atoms with Crippen molar-refractivity contribution in [1.82, 2.24) is 4.72 Å².